The lowest BCUT2D eigenvalue weighted by molar-refractivity contribution is -0.142. The smallest absolute Gasteiger partial charge is 0.434 e. The maximum absolute atomic E-state index is 13.6. The first-order valence-corrected chi connectivity index (χ1v) is 8.72. The summed E-state index contributed by atoms with van der Waals surface area (Å²) in [7, 11) is 0. The van der Waals surface area contributed by atoms with Crippen LogP contribution in [0.3, 0.4) is 0 Å². The van der Waals surface area contributed by atoms with Crippen molar-refractivity contribution in [3.8, 4) is 0 Å². The molecule has 3 nitrogen and oxygen atoms in total. The van der Waals surface area contributed by atoms with Crippen LogP contribution >= 0.6 is 11.8 Å². The fraction of sp³-hybridized carbons (Fsp3) is 0.333. The van der Waals surface area contributed by atoms with Crippen LogP contribution in [0.25, 0.3) is 0 Å². The number of halogens is 5. The fourth-order valence-electron chi connectivity index (χ4n) is 2.54. The van der Waals surface area contributed by atoms with Crippen LogP contribution in [-0.2, 0) is 12.6 Å². The second kappa shape index (κ2) is 8.24. The maximum Gasteiger partial charge on any atom is 0.434 e. The molecule has 0 aliphatic heterocycles. The normalized spacial score (nSPS) is 12.0. The minimum absolute atomic E-state index is 0.109. The van der Waals surface area contributed by atoms with Crippen LogP contribution in [0.1, 0.15) is 47.6 Å². The van der Waals surface area contributed by atoms with Crippen molar-refractivity contribution < 1.29 is 31.9 Å². The summed E-state index contributed by atoms with van der Waals surface area (Å²) in [5.74, 6) is -2.10. The topological polar surface area (TPSA) is 50.2 Å². The lowest BCUT2D eigenvalue weighted by Crippen LogP contribution is -2.21. The van der Waals surface area contributed by atoms with Crippen LogP contribution in [0.2, 0.25) is 0 Å². The molecule has 1 N–H and O–H groups in total. The first kappa shape index (κ1) is 21.1. The minimum Gasteiger partial charge on any atom is -0.478 e. The molecule has 27 heavy (non-hydrogen) atoms. The van der Waals surface area contributed by atoms with Crippen molar-refractivity contribution in [2.45, 2.75) is 42.7 Å². The van der Waals surface area contributed by atoms with Gasteiger partial charge in [0.2, 0.25) is 0 Å². The van der Waals surface area contributed by atoms with Crippen LogP contribution in [0.15, 0.2) is 40.1 Å². The van der Waals surface area contributed by atoms with Gasteiger partial charge in [0, 0.05) is 9.79 Å². The first-order valence-electron chi connectivity index (χ1n) is 7.90. The number of carbonyl (C=O) groups is 1. The van der Waals surface area contributed by atoms with Gasteiger partial charge in [-0.3, -0.25) is 0 Å². The van der Waals surface area contributed by atoms with Crippen LogP contribution < -0.4 is 0 Å². The van der Waals surface area contributed by atoms with E-state index >= 15 is 0 Å². The number of aromatic carboxylic acids is 1. The van der Waals surface area contributed by atoms with E-state index in [1.807, 2.05) is 0 Å². The third kappa shape index (κ3) is 4.97. The average molecular weight is 405 g/mol. The first-order chi connectivity index (χ1) is 12.5. The van der Waals surface area contributed by atoms with E-state index < -0.39 is 35.5 Å². The quantitative estimate of drug-likeness (QED) is 0.591. The standard InChI is InChI=1S/C18H16F5NO2S/c1-9(2)8-11-12(17(25)26)15(18(21,22)23)24-13(16(19)20)14(11)27-10-6-4-3-5-7-10/h3-7,9,16H,8H2,1-2H3,(H,25,26). The van der Waals surface area contributed by atoms with E-state index in [9.17, 15) is 31.9 Å². The summed E-state index contributed by atoms with van der Waals surface area (Å²) in [4.78, 5) is 14.9. The number of carboxylic acids is 1. The van der Waals surface area contributed by atoms with Gasteiger partial charge in [-0.15, -0.1) is 0 Å². The highest BCUT2D eigenvalue weighted by Crippen LogP contribution is 2.43. The Morgan fingerprint density at radius 3 is 2.22 bits per heavy atom. The van der Waals surface area contributed by atoms with Gasteiger partial charge in [0.15, 0.2) is 5.69 Å². The van der Waals surface area contributed by atoms with Crippen LogP contribution in [0.4, 0.5) is 22.0 Å². The van der Waals surface area contributed by atoms with Gasteiger partial charge in [-0.05, 0) is 30.0 Å². The van der Waals surface area contributed by atoms with E-state index in [0.29, 0.717) is 4.90 Å². The van der Waals surface area contributed by atoms with Crippen molar-refractivity contribution in [2.75, 3.05) is 0 Å². The zero-order valence-electron chi connectivity index (χ0n) is 14.3. The largest absolute Gasteiger partial charge is 0.478 e. The summed E-state index contributed by atoms with van der Waals surface area (Å²) in [5, 5.41) is 9.41. The maximum atomic E-state index is 13.6. The van der Waals surface area contributed by atoms with Gasteiger partial charge in [-0.25, -0.2) is 18.6 Å². The highest BCUT2D eigenvalue weighted by molar-refractivity contribution is 7.99. The second-order valence-electron chi connectivity index (χ2n) is 6.15. The number of alkyl halides is 5. The predicted octanol–water partition coefficient (Wildman–Crippen LogP) is 6.09. The van der Waals surface area contributed by atoms with Crippen LogP contribution in [0, 0.1) is 5.92 Å². The van der Waals surface area contributed by atoms with Crippen molar-refractivity contribution in [2.24, 2.45) is 5.92 Å². The van der Waals surface area contributed by atoms with E-state index in [0.717, 1.165) is 11.8 Å². The molecular weight excluding hydrogens is 389 g/mol. The lowest BCUT2D eigenvalue weighted by atomic mass is 9.96. The van der Waals surface area contributed by atoms with E-state index in [1.165, 1.54) is 0 Å². The van der Waals surface area contributed by atoms with E-state index in [-0.39, 0.29) is 22.8 Å². The van der Waals surface area contributed by atoms with Gasteiger partial charge in [0.25, 0.3) is 6.43 Å². The SMILES string of the molecule is CC(C)Cc1c(Sc2ccccc2)c(C(F)F)nc(C(F)(F)F)c1C(=O)O. The molecule has 1 heterocycles. The molecule has 0 aliphatic rings. The number of hydrogen-bond acceptors (Lipinski definition) is 3. The molecule has 146 valence electrons. The van der Waals surface area contributed by atoms with Crippen molar-refractivity contribution in [3.63, 3.8) is 0 Å². The summed E-state index contributed by atoms with van der Waals surface area (Å²) in [6, 6.07) is 8.17. The fourth-order valence-corrected chi connectivity index (χ4v) is 3.62. The third-order valence-electron chi connectivity index (χ3n) is 3.54. The monoisotopic (exact) mass is 405 g/mol. The second-order valence-corrected chi connectivity index (χ2v) is 7.23. The van der Waals surface area contributed by atoms with Gasteiger partial charge in [-0.1, -0.05) is 43.8 Å². The van der Waals surface area contributed by atoms with Crippen molar-refractivity contribution in [1.82, 2.24) is 4.98 Å². The molecule has 0 radical (unpaired) electrons. The number of nitrogens with zero attached hydrogens (tertiary/aromatic N) is 1. The Labute approximate surface area is 156 Å². The molecule has 0 atom stereocenters. The highest BCUT2D eigenvalue weighted by atomic mass is 32.2. The Kier molecular flexibility index (Phi) is 6.46. The van der Waals surface area contributed by atoms with Crippen molar-refractivity contribution >= 4 is 17.7 Å². The molecule has 2 aromatic rings. The zero-order valence-corrected chi connectivity index (χ0v) is 15.2. The number of aromatic nitrogens is 1. The molecule has 1 aromatic carbocycles. The zero-order chi connectivity index (χ0) is 20.4. The van der Waals surface area contributed by atoms with E-state index in [2.05, 4.69) is 4.98 Å². The summed E-state index contributed by atoms with van der Waals surface area (Å²) in [6.07, 6.45) is -8.56. The Balaban J connectivity index is 2.85. The van der Waals surface area contributed by atoms with Gasteiger partial charge in [0.05, 0.1) is 5.56 Å². The Morgan fingerprint density at radius 2 is 1.78 bits per heavy atom. The molecule has 0 fully saturated rings. The molecule has 0 unspecified atom stereocenters. The molecule has 9 heteroatoms. The predicted molar refractivity (Wildman–Crippen MR) is 90.3 cm³/mol. The average Bonchev–Trinajstić information content (AvgIpc) is 2.54. The van der Waals surface area contributed by atoms with Gasteiger partial charge < -0.3 is 5.11 Å². The number of hydrogen-bond donors (Lipinski definition) is 1. The van der Waals surface area contributed by atoms with Crippen LogP contribution in [-0.4, -0.2) is 16.1 Å². The van der Waals surface area contributed by atoms with E-state index in [1.54, 1.807) is 44.2 Å². The number of carboxylic acid groups (broad SMARTS) is 1. The lowest BCUT2D eigenvalue weighted by Gasteiger charge is -2.21. The summed E-state index contributed by atoms with van der Waals surface area (Å²) >= 11 is 0.789. The minimum atomic E-state index is -5.17. The molecule has 0 bridgehead atoms. The van der Waals surface area contributed by atoms with Gasteiger partial charge in [0.1, 0.15) is 5.69 Å². The van der Waals surface area contributed by atoms with Crippen LogP contribution in [0.5, 0.6) is 0 Å². The molecule has 0 amide bonds. The highest BCUT2D eigenvalue weighted by Gasteiger charge is 2.41. The number of pyridine rings is 1. The number of rotatable bonds is 6. The Morgan fingerprint density at radius 1 is 1.19 bits per heavy atom. The molecule has 2 rings (SSSR count). The summed E-state index contributed by atoms with van der Waals surface area (Å²) in [6.45, 7) is 3.33. The summed E-state index contributed by atoms with van der Waals surface area (Å²) < 4.78 is 67.2. The molecule has 0 saturated heterocycles. The van der Waals surface area contributed by atoms with Crippen molar-refractivity contribution in [1.29, 1.82) is 0 Å². The molecule has 0 aliphatic carbocycles. The molecule has 1 aromatic heterocycles. The molecule has 0 spiro atoms. The Hall–Kier alpha value is -2.16. The Bertz CT molecular complexity index is 823. The molecular formula is C18H16F5NO2S. The number of benzene rings is 1. The third-order valence-corrected chi connectivity index (χ3v) is 4.71. The van der Waals surface area contributed by atoms with E-state index in [4.69, 9.17) is 0 Å². The van der Waals surface area contributed by atoms with Gasteiger partial charge >= 0.3 is 12.1 Å². The van der Waals surface area contributed by atoms with Crippen molar-refractivity contribution in [3.05, 3.63) is 52.8 Å². The molecule has 0 saturated carbocycles. The summed E-state index contributed by atoms with van der Waals surface area (Å²) in [5.41, 5.74) is -4.20. The van der Waals surface area contributed by atoms with Gasteiger partial charge in [-0.2, -0.15) is 13.2 Å².